The molecule has 64 valence electrons. The van der Waals surface area contributed by atoms with E-state index in [0.717, 1.165) is 25.9 Å². The van der Waals surface area contributed by atoms with E-state index in [1.165, 1.54) is 11.1 Å². The summed E-state index contributed by atoms with van der Waals surface area (Å²) in [5.74, 6) is 0. The zero-order chi connectivity index (χ0) is 8.27. The molecule has 11 heavy (non-hydrogen) atoms. The SMILES string of the molecule is CCCOC1CC(C)=C(C)C1. The van der Waals surface area contributed by atoms with Crippen LogP contribution in [0.15, 0.2) is 11.1 Å². The fraction of sp³-hybridized carbons (Fsp3) is 0.800. The molecule has 0 unspecified atom stereocenters. The molecule has 0 bridgehead atoms. The lowest BCUT2D eigenvalue weighted by Crippen LogP contribution is -2.09. The summed E-state index contributed by atoms with van der Waals surface area (Å²) < 4.78 is 5.65. The first-order chi connectivity index (χ1) is 5.24. The summed E-state index contributed by atoms with van der Waals surface area (Å²) in [4.78, 5) is 0. The van der Waals surface area contributed by atoms with Gasteiger partial charge in [-0.05, 0) is 33.1 Å². The molecular weight excluding hydrogens is 136 g/mol. The minimum Gasteiger partial charge on any atom is -0.378 e. The van der Waals surface area contributed by atoms with E-state index < -0.39 is 0 Å². The molecule has 1 nitrogen and oxygen atoms in total. The molecule has 0 aliphatic heterocycles. The molecular formula is C10H18O. The van der Waals surface area contributed by atoms with Gasteiger partial charge < -0.3 is 4.74 Å². The minimum atomic E-state index is 0.495. The molecule has 0 aromatic carbocycles. The normalized spacial score (nSPS) is 19.9. The topological polar surface area (TPSA) is 9.23 Å². The maximum absolute atomic E-state index is 5.65. The van der Waals surface area contributed by atoms with Gasteiger partial charge in [-0.25, -0.2) is 0 Å². The van der Waals surface area contributed by atoms with E-state index in [2.05, 4.69) is 20.8 Å². The Hall–Kier alpha value is -0.300. The summed E-state index contributed by atoms with van der Waals surface area (Å²) in [5, 5.41) is 0. The first-order valence-electron chi connectivity index (χ1n) is 4.51. The standard InChI is InChI=1S/C10H18O/c1-4-5-11-10-6-8(2)9(3)7-10/h10H,4-7H2,1-3H3. The molecule has 0 radical (unpaired) electrons. The van der Waals surface area contributed by atoms with Crippen LogP contribution < -0.4 is 0 Å². The summed E-state index contributed by atoms with van der Waals surface area (Å²) in [5.41, 5.74) is 3.07. The maximum Gasteiger partial charge on any atom is 0.0649 e. The summed E-state index contributed by atoms with van der Waals surface area (Å²) in [7, 11) is 0. The van der Waals surface area contributed by atoms with Crippen molar-refractivity contribution in [2.45, 2.75) is 46.1 Å². The molecule has 1 rings (SSSR count). The third-order valence-electron chi connectivity index (χ3n) is 2.35. The van der Waals surface area contributed by atoms with Crippen molar-refractivity contribution in [3.63, 3.8) is 0 Å². The average Bonchev–Trinajstić information content (AvgIpc) is 2.28. The maximum atomic E-state index is 5.65. The van der Waals surface area contributed by atoms with Gasteiger partial charge in [0.05, 0.1) is 6.10 Å². The van der Waals surface area contributed by atoms with Crippen LogP contribution >= 0.6 is 0 Å². The van der Waals surface area contributed by atoms with Crippen LogP contribution in [0.25, 0.3) is 0 Å². The average molecular weight is 154 g/mol. The van der Waals surface area contributed by atoms with Crippen LogP contribution in [-0.2, 0) is 4.74 Å². The Kier molecular flexibility index (Phi) is 3.13. The highest BCUT2D eigenvalue weighted by Gasteiger charge is 2.18. The second-order valence-corrected chi connectivity index (χ2v) is 3.46. The van der Waals surface area contributed by atoms with Gasteiger partial charge in [0, 0.05) is 6.61 Å². The van der Waals surface area contributed by atoms with E-state index >= 15 is 0 Å². The Morgan fingerprint density at radius 1 is 1.27 bits per heavy atom. The first kappa shape index (κ1) is 8.79. The van der Waals surface area contributed by atoms with Gasteiger partial charge in [-0.2, -0.15) is 0 Å². The summed E-state index contributed by atoms with van der Waals surface area (Å²) in [6, 6.07) is 0. The predicted molar refractivity (Wildman–Crippen MR) is 47.6 cm³/mol. The van der Waals surface area contributed by atoms with Crippen molar-refractivity contribution in [3.8, 4) is 0 Å². The van der Waals surface area contributed by atoms with Gasteiger partial charge in [0.2, 0.25) is 0 Å². The van der Waals surface area contributed by atoms with Gasteiger partial charge in [0.15, 0.2) is 0 Å². The Balaban J connectivity index is 2.24. The van der Waals surface area contributed by atoms with E-state index in [9.17, 15) is 0 Å². The molecule has 0 aromatic rings. The molecule has 0 spiro atoms. The summed E-state index contributed by atoms with van der Waals surface area (Å²) in [6.07, 6.45) is 3.95. The second-order valence-electron chi connectivity index (χ2n) is 3.46. The van der Waals surface area contributed by atoms with Crippen LogP contribution in [0.1, 0.15) is 40.0 Å². The van der Waals surface area contributed by atoms with Crippen LogP contribution in [0.4, 0.5) is 0 Å². The van der Waals surface area contributed by atoms with Gasteiger partial charge in [0.1, 0.15) is 0 Å². The third-order valence-corrected chi connectivity index (χ3v) is 2.35. The highest BCUT2D eigenvalue weighted by molar-refractivity contribution is 5.17. The number of rotatable bonds is 3. The van der Waals surface area contributed by atoms with Crippen LogP contribution in [0.2, 0.25) is 0 Å². The van der Waals surface area contributed by atoms with E-state index in [0.29, 0.717) is 6.10 Å². The molecule has 0 saturated carbocycles. The molecule has 0 atom stereocenters. The molecule has 1 aliphatic carbocycles. The fourth-order valence-corrected chi connectivity index (χ4v) is 1.51. The quantitative estimate of drug-likeness (QED) is 0.568. The lowest BCUT2D eigenvalue weighted by atomic mass is 10.2. The van der Waals surface area contributed by atoms with Crippen LogP contribution in [0.3, 0.4) is 0 Å². The predicted octanol–water partition coefficient (Wildman–Crippen LogP) is 2.91. The molecule has 0 N–H and O–H groups in total. The van der Waals surface area contributed by atoms with Gasteiger partial charge in [-0.15, -0.1) is 0 Å². The van der Waals surface area contributed by atoms with E-state index in [1.807, 2.05) is 0 Å². The summed E-state index contributed by atoms with van der Waals surface area (Å²) >= 11 is 0. The van der Waals surface area contributed by atoms with E-state index in [4.69, 9.17) is 4.74 Å². The zero-order valence-electron chi connectivity index (χ0n) is 7.81. The molecule has 0 aromatic heterocycles. The first-order valence-corrected chi connectivity index (χ1v) is 4.51. The Morgan fingerprint density at radius 2 is 1.82 bits per heavy atom. The Labute approximate surface area is 69.4 Å². The molecule has 1 heteroatoms. The van der Waals surface area contributed by atoms with Gasteiger partial charge in [-0.3, -0.25) is 0 Å². The third kappa shape index (κ3) is 2.33. The smallest absolute Gasteiger partial charge is 0.0649 e. The van der Waals surface area contributed by atoms with Gasteiger partial charge >= 0.3 is 0 Å². The number of ether oxygens (including phenoxy) is 1. The van der Waals surface area contributed by atoms with Crippen LogP contribution in [-0.4, -0.2) is 12.7 Å². The number of hydrogen-bond donors (Lipinski definition) is 0. The fourth-order valence-electron chi connectivity index (χ4n) is 1.51. The minimum absolute atomic E-state index is 0.495. The molecule has 0 fully saturated rings. The van der Waals surface area contributed by atoms with E-state index in [1.54, 1.807) is 0 Å². The Bertz CT molecular complexity index is 144. The summed E-state index contributed by atoms with van der Waals surface area (Å²) in [6.45, 7) is 7.50. The van der Waals surface area contributed by atoms with Crippen molar-refractivity contribution in [2.24, 2.45) is 0 Å². The largest absolute Gasteiger partial charge is 0.378 e. The van der Waals surface area contributed by atoms with Crippen molar-refractivity contribution < 1.29 is 4.74 Å². The second kappa shape index (κ2) is 3.91. The van der Waals surface area contributed by atoms with Crippen molar-refractivity contribution in [1.29, 1.82) is 0 Å². The van der Waals surface area contributed by atoms with Crippen LogP contribution in [0.5, 0.6) is 0 Å². The van der Waals surface area contributed by atoms with Gasteiger partial charge in [0.25, 0.3) is 0 Å². The van der Waals surface area contributed by atoms with Crippen molar-refractivity contribution >= 4 is 0 Å². The zero-order valence-corrected chi connectivity index (χ0v) is 7.81. The molecule has 1 aliphatic rings. The molecule has 0 saturated heterocycles. The highest BCUT2D eigenvalue weighted by Crippen LogP contribution is 2.27. The Morgan fingerprint density at radius 3 is 2.27 bits per heavy atom. The van der Waals surface area contributed by atoms with Crippen molar-refractivity contribution in [3.05, 3.63) is 11.1 Å². The van der Waals surface area contributed by atoms with Gasteiger partial charge in [-0.1, -0.05) is 18.1 Å². The van der Waals surface area contributed by atoms with Crippen LogP contribution in [0, 0.1) is 0 Å². The van der Waals surface area contributed by atoms with E-state index in [-0.39, 0.29) is 0 Å². The highest BCUT2D eigenvalue weighted by atomic mass is 16.5. The monoisotopic (exact) mass is 154 g/mol. The lowest BCUT2D eigenvalue weighted by molar-refractivity contribution is 0.0609. The molecule has 0 heterocycles. The lowest BCUT2D eigenvalue weighted by Gasteiger charge is -2.10. The van der Waals surface area contributed by atoms with Crippen molar-refractivity contribution in [2.75, 3.05) is 6.61 Å². The number of hydrogen-bond acceptors (Lipinski definition) is 1. The molecule has 0 amide bonds. The van der Waals surface area contributed by atoms with Crippen molar-refractivity contribution in [1.82, 2.24) is 0 Å².